The van der Waals surface area contributed by atoms with E-state index in [1.54, 1.807) is 13.0 Å². The number of aromatic carboxylic acids is 1. The molecule has 0 radical (unpaired) electrons. The van der Waals surface area contributed by atoms with Gasteiger partial charge in [-0.15, -0.1) is 11.3 Å². The standard InChI is InChI=1S/C19H18N2O3S/c1-10-4-6-13(19(23)24)14(7-10)17(22)21-18-15(9-20)12-5-3-11(2)8-16(12)25-18/h4,6-7,11H,3,5,8H2,1-2H3,(H,21,22)(H,23,24)/p-1. The Kier molecular flexibility index (Phi) is 4.60. The third-order valence-electron chi connectivity index (χ3n) is 4.49. The number of carbonyl (C=O) groups is 2. The number of fused-ring (bicyclic) bond motifs is 1. The van der Waals surface area contributed by atoms with Crippen molar-refractivity contribution in [3.8, 4) is 6.07 Å². The lowest BCUT2D eigenvalue weighted by atomic mass is 9.88. The second-order valence-electron chi connectivity index (χ2n) is 6.46. The van der Waals surface area contributed by atoms with Gasteiger partial charge in [-0.05, 0) is 43.7 Å². The van der Waals surface area contributed by atoms with E-state index in [-0.39, 0.29) is 11.1 Å². The molecule has 1 amide bonds. The maximum absolute atomic E-state index is 12.6. The van der Waals surface area contributed by atoms with E-state index in [4.69, 9.17) is 0 Å². The Hall–Kier alpha value is -2.65. The summed E-state index contributed by atoms with van der Waals surface area (Å²) in [5, 5.41) is 24.0. The Morgan fingerprint density at radius 3 is 2.80 bits per heavy atom. The fourth-order valence-electron chi connectivity index (χ4n) is 3.15. The first-order chi connectivity index (χ1) is 11.9. The second kappa shape index (κ2) is 6.69. The van der Waals surface area contributed by atoms with Gasteiger partial charge >= 0.3 is 0 Å². The molecule has 128 valence electrons. The molecular formula is C19H17N2O3S-. The molecule has 0 aliphatic heterocycles. The molecule has 1 N–H and O–H groups in total. The third-order valence-corrected chi connectivity index (χ3v) is 5.66. The summed E-state index contributed by atoms with van der Waals surface area (Å²) in [5.41, 5.74) is 2.18. The Bertz CT molecular complexity index is 908. The highest BCUT2D eigenvalue weighted by molar-refractivity contribution is 7.16. The highest BCUT2D eigenvalue weighted by atomic mass is 32.1. The zero-order chi connectivity index (χ0) is 18.1. The van der Waals surface area contributed by atoms with Crippen LogP contribution in [0.4, 0.5) is 5.00 Å². The minimum absolute atomic E-state index is 0.0450. The van der Waals surface area contributed by atoms with Gasteiger partial charge in [0, 0.05) is 16.0 Å². The van der Waals surface area contributed by atoms with E-state index in [9.17, 15) is 20.0 Å². The number of aryl methyl sites for hydroxylation is 1. The van der Waals surface area contributed by atoms with Gasteiger partial charge in [0.25, 0.3) is 5.91 Å². The average Bonchev–Trinajstić information content (AvgIpc) is 2.90. The minimum Gasteiger partial charge on any atom is -0.545 e. The van der Waals surface area contributed by atoms with Crippen LogP contribution in [0.2, 0.25) is 0 Å². The van der Waals surface area contributed by atoms with Gasteiger partial charge in [-0.1, -0.05) is 24.6 Å². The van der Waals surface area contributed by atoms with Crippen molar-refractivity contribution < 1.29 is 14.7 Å². The quantitative estimate of drug-likeness (QED) is 0.918. The molecule has 0 bridgehead atoms. The molecule has 0 spiro atoms. The number of rotatable bonds is 3. The van der Waals surface area contributed by atoms with Gasteiger partial charge in [0.05, 0.1) is 11.5 Å². The largest absolute Gasteiger partial charge is 0.545 e. The van der Waals surface area contributed by atoms with E-state index in [1.165, 1.54) is 23.5 Å². The van der Waals surface area contributed by atoms with Crippen molar-refractivity contribution in [1.82, 2.24) is 0 Å². The summed E-state index contributed by atoms with van der Waals surface area (Å²) in [6.45, 7) is 3.95. The lowest BCUT2D eigenvalue weighted by Gasteiger charge is -2.17. The molecule has 6 heteroatoms. The minimum atomic E-state index is -1.40. The van der Waals surface area contributed by atoms with Crippen LogP contribution in [0, 0.1) is 24.2 Å². The van der Waals surface area contributed by atoms with Gasteiger partial charge in [-0.2, -0.15) is 5.26 Å². The Morgan fingerprint density at radius 1 is 1.36 bits per heavy atom. The molecule has 1 atom stereocenters. The normalized spacial score (nSPS) is 16.0. The van der Waals surface area contributed by atoms with E-state index in [0.29, 0.717) is 16.5 Å². The van der Waals surface area contributed by atoms with E-state index < -0.39 is 11.9 Å². The van der Waals surface area contributed by atoms with Crippen molar-refractivity contribution in [3.63, 3.8) is 0 Å². The predicted octanol–water partition coefficient (Wildman–Crippen LogP) is 2.67. The molecule has 1 heterocycles. The SMILES string of the molecule is Cc1ccc(C(=O)[O-])c(C(=O)Nc2sc3c(c2C#N)CCC(C)C3)c1. The number of nitriles is 1. The molecular weight excluding hydrogens is 336 g/mol. The molecule has 3 rings (SSSR count). The van der Waals surface area contributed by atoms with Gasteiger partial charge in [-0.25, -0.2) is 0 Å². The topological polar surface area (TPSA) is 93.0 Å². The molecule has 1 aliphatic carbocycles. The fraction of sp³-hybridized carbons (Fsp3) is 0.316. The van der Waals surface area contributed by atoms with Gasteiger partial charge in [0.15, 0.2) is 0 Å². The number of benzene rings is 1. The van der Waals surface area contributed by atoms with E-state index in [0.717, 1.165) is 35.3 Å². The highest BCUT2D eigenvalue weighted by Gasteiger charge is 2.25. The number of carboxylic acids is 1. The molecule has 2 aromatic rings. The molecule has 0 saturated carbocycles. The number of hydrogen-bond donors (Lipinski definition) is 1. The van der Waals surface area contributed by atoms with Crippen molar-refractivity contribution in [2.45, 2.75) is 33.1 Å². The summed E-state index contributed by atoms with van der Waals surface area (Å²) < 4.78 is 0. The average molecular weight is 353 g/mol. The molecule has 1 unspecified atom stereocenters. The number of nitrogens with one attached hydrogen (secondary N) is 1. The summed E-state index contributed by atoms with van der Waals surface area (Å²) in [6, 6.07) is 6.69. The van der Waals surface area contributed by atoms with Gasteiger partial charge in [0.1, 0.15) is 11.1 Å². The first kappa shape index (κ1) is 17.2. The van der Waals surface area contributed by atoms with E-state index >= 15 is 0 Å². The molecule has 0 fully saturated rings. The number of thiophene rings is 1. The van der Waals surface area contributed by atoms with Gasteiger partial charge < -0.3 is 15.2 Å². The van der Waals surface area contributed by atoms with Crippen LogP contribution in [-0.4, -0.2) is 11.9 Å². The van der Waals surface area contributed by atoms with Crippen LogP contribution in [-0.2, 0) is 12.8 Å². The summed E-state index contributed by atoms with van der Waals surface area (Å²) in [4.78, 5) is 25.0. The number of amides is 1. The van der Waals surface area contributed by atoms with Crippen molar-refractivity contribution >= 4 is 28.2 Å². The van der Waals surface area contributed by atoms with Crippen LogP contribution in [0.15, 0.2) is 18.2 Å². The van der Waals surface area contributed by atoms with E-state index in [2.05, 4.69) is 18.3 Å². The third kappa shape index (κ3) is 3.28. The van der Waals surface area contributed by atoms with E-state index in [1.807, 2.05) is 0 Å². The molecule has 5 nitrogen and oxygen atoms in total. The maximum atomic E-state index is 12.6. The van der Waals surface area contributed by atoms with Crippen molar-refractivity contribution in [3.05, 3.63) is 50.9 Å². The van der Waals surface area contributed by atoms with Crippen molar-refractivity contribution in [2.24, 2.45) is 5.92 Å². The van der Waals surface area contributed by atoms with Crippen molar-refractivity contribution in [2.75, 3.05) is 5.32 Å². The van der Waals surface area contributed by atoms with Crippen LogP contribution in [0.1, 0.15) is 55.6 Å². The monoisotopic (exact) mass is 353 g/mol. The second-order valence-corrected chi connectivity index (χ2v) is 7.56. The highest BCUT2D eigenvalue weighted by Crippen LogP contribution is 2.39. The lowest BCUT2D eigenvalue weighted by Crippen LogP contribution is -2.26. The van der Waals surface area contributed by atoms with Gasteiger partial charge in [-0.3, -0.25) is 4.79 Å². The molecule has 1 aromatic heterocycles. The molecule has 0 saturated heterocycles. The molecule has 1 aliphatic rings. The molecule has 25 heavy (non-hydrogen) atoms. The number of carbonyl (C=O) groups excluding carboxylic acids is 2. The lowest BCUT2D eigenvalue weighted by molar-refractivity contribution is -0.255. The summed E-state index contributed by atoms with van der Waals surface area (Å²) >= 11 is 1.41. The Morgan fingerprint density at radius 2 is 2.12 bits per heavy atom. The van der Waals surface area contributed by atoms with Crippen LogP contribution in [0.3, 0.4) is 0 Å². The predicted molar refractivity (Wildman–Crippen MR) is 93.7 cm³/mol. The summed E-state index contributed by atoms with van der Waals surface area (Å²) in [7, 11) is 0. The zero-order valence-electron chi connectivity index (χ0n) is 14.0. The summed E-state index contributed by atoms with van der Waals surface area (Å²) in [5.74, 6) is -1.38. The number of hydrogen-bond acceptors (Lipinski definition) is 5. The fourth-order valence-corrected chi connectivity index (χ4v) is 4.51. The van der Waals surface area contributed by atoms with Gasteiger partial charge in [0.2, 0.25) is 0 Å². The van der Waals surface area contributed by atoms with Crippen LogP contribution in [0.25, 0.3) is 0 Å². The first-order valence-electron chi connectivity index (χ1n) is 8.08. The Balaban J connectivity index is 1.96. The molecule has 1 aromatic carbocycles. The smallest absolute Gasteiger partial charge is 0.256 e. The number of anilines is 1. The van der Waals surface area contributed by atoms with Crippen LogP contribution >= 0.6 is 11.3 Å². The van der Waals surface area contributed by atoms with Crippen molar-refractivity contribution in [1.29, 1.82) is 5.26 Å². The summed E-state index contributed by atoms with van der Waals surface area (Å²) in [6.07, 6.45) is 2.76. The van der Waals surface area contributed by atoms with Crippen LogP contribution < -0.4 is 10.4 Å². The number of carboxylic acid groups (broad SMARTS) is 1. The first-order valence-corrected chi connectivity index (χ1v) is 8.90. The Labute approximate surface area is 149 Å². The number of nitrogens with zero attached hydrogens (tertiary/aromatic N) is 1. The maximum Gasteiger partial charge on any atom is 0.256 e. The van der Waals surface area contributed by atoms with Crippen LogP contribution in [0.5, 0.6) is 0 Å². The zero-order valence-corrected chi connectivity index (χ0v) is 14.8.